The van der Waals surface area contributed by atoms with Crippen molar-refractivity contribution >= 4 is 26.8 Å². The summed E-state index contributed by atoms with van der Waals surface area (Å²) >= 11 is 0. The molecule has 156 valence electrons. The van der Waals surface area contributed by atoms with E-state index in [4.69, 9.17) is 19.9 Å². The normalized spacial score (nSPS) is 11.6. The molecule has 3 rings (SSSR count). The Labute approximate surface area is 168 Å². The molecule has 0 unspecified atom stereocenters. The third kappa shape index (κ3) is 3.53. The number of unbranched alkanes of at least 4 members (excludes halogenated alkanes) is 1. The molecule has 0 aliphatic rings. The van der Waals surface area contributed by atoms with Crippen LogP contribution in [-0.4, -0.2) is 49.3 Å². The highest BCUT2D eigenvalue weighted by Gasteiger charge is 2.30. The summed E-state index contributed by atoms with van der Waals surface area (Å²) < 4.78 is 44.4. The summed E-state index contributed by atoms with van der Waals surface area (Å²) in [5.74, 6) is 0.858. The van der Waals surface area contributed by atoms with Gasteiger partial charge in [0.2, 0.25) is 20.7 Å². The molecule has 0 atom stereocenters. The first-order chi connectivity index (χ1) is 13.9. The zero-order valence-corrected chi connectivity index (χ0v) is 17.5. The number of fused-ring (bicyclic) bond motifs is 1. The van der Waals surface area contributed by atoms with Crippen LogP contribution in [0.5, 0.6) is 17.2 Å². The molecule has 0 saturated carbocycles. The van der Waals surface area contributed by atoms with Crippen molar-refractivity contribution in [2.75, 3.05) is 27.1 Å². The Kier molecular flexibility index (Phi) is 5.78. The molecular weight excluding hydrogens is 398 g/mol. The van der Waals surface area contributed by atoms with Gasteiger partial charge >= 0.3 is 0 Å². The van der Waals surface area contributed by atoms with Crippen LogP contribution < -0.4 is 19.9 Å². The summed E-state index contributed by atoms with van der Waals surface area (Å²) in [6, 6.07) is 2.74. The number of benzene rings is 1. The van der Waals surface area contributed by atoms with Crippen molar-refractivity contribution in [1.29, 1.82) is 0 Å². The molecule has 0 saturated heterocycles. The van der Waals surface area contributed by atoms with Gasteiger partial charge in [0.25, 0.3) is 0 Å². The molecule has 2 heterocycles. The van der Waals surface area contributed by atoms with E-state index in [1.54, 1.807) is 4.57 Å². The van der Waals surface area contributed by atoms with E-state index < -0.39 is 9.84 Å². The topological polar surface area (TPSA) is 131 Å². The van der Waals surface area contributed by atoms with Crippen LogP contribution in [0.4, 0.5) is 5.82 Å². The van der Waals surface area contributed by atoms with Crippen LogP contribution in [0, 0.1) is 0 Å². The van der Waals surface area contributed by atoms with Crippen molar-refractivity contribution in [3.8, 4) is 17.2 Å². The fourth-order valence-corrected chi connectivity index (χ4v) is 4.39. The second-order valence-electron chi connectivity index (χ2n) is 6.20. The van der Waals surface area contributed by atoms with Gasteiger partial charge in [0.1, 0.15) is 6.33 Å². The van der Waals surface area contributed by atoms with Crippen molar-refractivity contribution in [3.05, 3.63) is 18.5 Å². The predicted molar refractivity (Wildman–Crippen MR) is 106 cm³/mol. The third-order valence-electron chi connectivity index (χ3n) is 4.45. The number of nitrogens with two attached hydrogens (primary N) is 1. The lowest BCUT2D eigenvalue weighted by molar-refractivity contribution is 0.323. The average Bonchev–Trinajstić information content (AvgIpc) is 3.11. The zero-order chi connectivity index (χ0) is 21.2. The molecule has 10 nitrogen and oxygen atoms in total. The quantitative estimate of drug-likeness (QED) is 0.580. The van der Waals surface area contributed by atoms with Crippen LogP contribution in [0.15, 0.2) is 28.5 Å². The number of anilines is 1. The summed E-state index contributed by atoms with van der Waals surface area (Å²) in [7, 11) is 0.223. The molecule has 2 aromatic heterocycles. The van der Waals surface area contributed by atoms with E-state index in [0.717, 1.165) is 12.8 Å². The second-order valence-corrected chi connectivity index (χ2v) is 8.04. The maximum atomic E-state index is 13.5. The van der Waals surface area contributed by atoms with Crippen molar-refractivity contribution in [1.82, 2.24) is 19.5 Å². The molecule has 0 spiro atoms. The minimum atomic E-state index is -4.06. The molecule has 0 radical (unpaired) electrons. The number of ether oxygens (including phenoxy) is 3. The Bertz CT molecular complexity index is 1120. The highest BCUT2D eigenvalue weighted by Crippen LogP contribution is 2.40. The van der Waals surface area contributed by atoms with E-state index in [-0.39, 0.29) is 32.9 Å². The number of sulfone groups is 1. The molecule has 1 aromatic carbocycles. The average molecular weight is 421 g/mol. The van der Waals surface area contributed by atoms with Crippen LogP contribution in [0.25, 0.3) is 11.2 Å². The van der Waals surface area contributed by atoms with Gasteiger partial charge in [-0.2, -0.15) is 0 Å². The minimum Gasteiger partial charge on any atom is -0.493 e. The molecule has 0 amide bonds. The molecule has 3 aromatic rings. The lowest BCUT2D eigenvalue weighted by atomic mass is 10.3. The SMILES string of the molecule is CCCCn1c(S(=O)(=O)c2cc(OC)c(OC)c(OC)c2)nc2c(N)ncnc21. The first-order valence-electron chi connectivity index (χ1n) is 8.90. The molecule has 11 heteroatoms. The summed E-state index contributed by atoms with van der Waals surface area (Å²) in [4.78, 5) is 12.3. The summed E-state index contributed by atoms with van der Waals surface area (Å²) in [6.07, 6.45) is 2.90. The highest BCUT2D eigenvalue weighted by molar-refractivity contribution is 7.91. The Morgan fingerprint density at radius 2 is 1.72 bits per heavy atom. The molecule has 29 heavy (non-hydrogen) atoms. The third-order valence-corrected chi connectivity index (χ3v) is 6.10. The Morgan fingerprint density at radius 3 is 2.28 bits per heavy atom. The number of aryl methyl sites for hydroxylation is 1. The number of hydrogen-bond donors (Lipinski definition) is 1. The van der Waals surface area contributed by atoms with Gasteiger partial charge in [-0.3, -0.25) is 4.57 Å². The number of nitrogen functional groups attached to an aromatic ring is 1. The summed E-state index contributed by atoms with van der Waals surface area (Å²) in [6.45, 7) is 2.43. The number of aromatic nitrogens is 4. The van der Waals surface area contributed by atoms with Crippen LogP contribution in [0.3, 0.4) is 0 Å². The van der Waals surface area contributed by atoms with Crippen LogP contribution in [-0.2, 0) is 16.4 Å². The second kappa shape index (κ2) is 8.11. The first kappa shape index (κ1) is 20.6. The van der Waals surface area contributed by atoms with Crippen LogP contribution >= 0.6 is 0 Å². The summed E-state index contributed by atoms with van der Waals surface area (Å²) in [5, 5.41) is -0.164. The number of hydrogen-bond acceptors (Lipinski definition) is 9. The van der Waals surface area contributed by atoms with Gasteiger partial charge in [-0.25, -0.2) is 23.4 Å². The monoisotopic (exact) mass is 421 g/mol. The Morgan fingerprint density at radius 1 is 1.07 bits per heavy atom. The van der Waals surface area contributed by atoms with E-state index in [9.17, 15) is 8.42 Å². The molecular formula is C18H23N5O5S. The lowest BCUT2D eigenvalue weighted by Crippen LogP contribution is -2.12. The van der Waals surface area contributed by atoms with Crippen LogP contribution in [0.1, 0.15) is 19.8 Å². The van der Waals surface area contributed by atoms with Gasteiger partial charge in [-0.05, 0) is 6.42 Å². The Hall–Kier alpha value is -3.08. The predicted octanol–water partition coefficient (Wildman–Crippen LogP) is 2.07. The zero-order valence-electron chi connectivity index (χ0n) is 16.7. The standard InChI is InChI=1S/C18H23N5O5S/c1-5-6-7-23-17-14(16(19)20-10-21-17)22-18(23)29(24,25)11-8-12(26-2)15(28-4)13(9-11)27-3/h8-10H,5-7H2,1-4H3,(H2,19,20,21). The van der Waals surface area contributed by atoms with Crippen molar-refractivity contribution in [2.45, 2.75) is 36.4 Å². The van der Waals surface area contributed by atoms with E-state index in [2.05, 4.69) is 15.0 Å². The van der Waals surface area contributed by atoms with Crippen molar-refractivity contribution in [3.63, 3.8) is 0 Å². The van der Waals surface area contributed by atoms with Crippen molar-refractivity contribution < 1.29 is 22.6 Å². The van der Waals surface area contributed by atoms with E-state index in [0.29, 0.717) is 17.9 Å². The van der Waals surface area contributed by atoms with Gasteiger partial charge in [-0.15, -0.1) is 0 Å². The van der Waals surface area contributed by atoms with Gasteiger partial charge in [0, 0.05) is 18.7 Å². The van der Waals surface area contributed by atoms with Gasteiger partial charge < -0.3 is 19.9 Å². The van der Waals surface area contributed by atoms with Gasteiger partial charge in [0.05, 0.1) is 26.2 Å². The molecule has 0 fully saturated rings. The lowest BCUT2D eigenvalue weighted by Gasteiger charge is -2.14. The fourth-order valence-electron chi connectivity index (χ4n) is 2.97. The van der Waals surface area contributed by atoms with E-state index >= 15 is 0 Å². The number of nitrogens with zero attached hydrogens (tertiary/aromatic N) is 4. The highest BCUT2D eigenvalue weighted by atomic mass is 32.2. The Balaban J connectivity index is 2.27. The first-order valence-corrected chi connectivity index (χ1v) is 10.4. The van der Waals surface area contributed by atoms with E-state index in [1.807, 2.05) is 6.92 Å². The fraction of sp³-hybridized carbons (Fsp3) is 0.389. The largest absolute Gasteiger partial charge is 0.493 e. The molecule has 0 bridgehead atoms. The van der Waals surface area contributed by atoms with Gasteiger partial charge in [0.15, 0.2) is 28.5 Å². The number of rotatable bonds is 8. The number of imidazole rings is 1. The smallest absolute Gasteiger partial charge is 0.240 e. The van der Waals surface area contributed by atoms with E-state index in [1.165, 1.54) is 39.8 Å². The maximum Gasteiger partial charge on any atom is 0.240 e. The minimum absolute atomic E-state index is 0.0495. The number of methoxy groups -OCH3 is 3. The van der Waals surface area contributed by atoms with Gasteiger partial charge in [-0.1, -0.05) is 13.3 Å². The summed E-state index contributed by atoms with van der Waals surface area (Å²) in [5.41, 5.74) is 6.52. The molecule has 0 aliphatic heterocycles. The molecule has 2 N–H and O–H groups in total. The van der Waals surface area contributed by atoms with Crippen molar-refractivity contribution in [2.24, 2.45) is 0 Å². The van der Waals surface area contributed by atoms with Crippen LogP contribution in [0.2, 0.25) is 0 Å². The maximum absolute atomic E-state index is 13.5. The molecule has 0 aliphatic carbocycles.